The minimum atomic E-state index is -2.66. The van der Waals surface area contributed by atoms with Crippen LogP contribution in [0.1, 0.15) is 33.1 Å². The third kappa shape index (κ3) is 3.56. The van der Waals surface area contributed by atoms with Crippen molar-refractivity contribution < 1.29 is 27.3 Å². The second kappa shape index (κ2) is 6.47. The number of nitrogens with one attached hydrogen (secondary N) is 1. The van der Waals surface area contributed by atoms with Crippen LogP contribution in [0.25, 0.3) is 0 Å². The summed E-state index contributed by atoms with van der Waals surface area (Å²) in [5, 5.41) is 2.39. The third-order valence-corrected chi connectivity index (χ3v) is 4.86. The zero-order valence-corrected chi connectivity index (χ0v) is 13.4. The molecule has 0 spiro atoms. The van der Waals surface area contributed by atoms with E-state index < -0.39 is 35.4 Å². The first kappa shape index (κ1) is 17.1. The Morgan fingerprint density at radius 1 is 1.50 bits per heavy atom. The van der Waals surface area contributed by atoms with Gasteiger partial charge in [0.05, 0.1) is 11.4 Å². The highest BCUT2D eigenvalue weighted by Gasteiger charge is 2.58. The van der Waals surface area contributed by atoms with E-state index in [4.69, 9.17) is 8.92 Å². The van der Waals surface area contributed by atoms with Crippen molar-refractivity contribution in [1.29, 1.82) is 0 Å². The molecule has 2 aliphatic rings. The standard InChI is InChI=1S/C14H21NO6S/c1-8(2)13(17)15-7-10(16)20-11-9-4-5-14(3,6-9)12(11)21-22(18)19/h9,11-12H,1,4-7H2,2-3H3,(H,15,17)(H,18,19)/p-1. The Labute approximate surface area is 131 Å². The first-order valence-corrected chi connectivity index (χ1v) is 8.12. The van der Waals surface area contributed by atoms with E-state index in [1.54, 1.807) is 0 Å². The van der Waals surface area contributed by atoms with Gasteiger partial charge in [-0.2, -0.15) is 0 Å². The maximum absolute atomic E-state index is 11.9. The van der Waals surface area contributed by atoms with E-state index in [0.717, 1.165) is 19.3 Å². The smallest absolute Gasteiger partial charge is 0.325 e. The van der Waals surface area contributed by atoms with E-state index in [1.807, 2.05) is 6.92 Å². The summed E-state index contributed by atoms with van der Waals surface area (Å²) in [4.78, 5) is 23.2. The highest BCUT2D eigenvalue weighted by atomic mass is 32.2. The highest BCUT2D eigenvalue weighted by molar-refractivity contribution is 7.74. The van der Waals surface area contributed by atoms with Crippen molar-refractivity contribution in [2.45, 2.75) is 45.3 Å². The molecule has 0 saturated heterocycles. The van der Waals surface area contributed by atoms with Crippen LogP contribution in [0.3, 0.4) is 0 Å². The SMILES string of the molecule is C=C(C)C(=O)NCC(=O)OC1C2CCC(C)(C2)C1OS(=O)[O-]. The van der Waals surface area contributed by atoms with Gasteiger partial charge >= 0.3 is 5.97 Å². The van der Waals surface area contributed by atoms with Gasteiger partial charge in [-0.3, -0.25) is 13.8 Å². The van der Waals surface area contributed by atoms with Crippen LogP contribution in [0.4, 0.5) is 0 Å². The molecule has 5 unspecified atom stereocenters. The molecule has 2 aliphatic carbocycles. The average molecular weight is 330 g/mol. The van der Waals surface area contributed by atoms with Crippen LogP contribution < -0.4 is 5.32 Å². The summed E-state index contributed by atoms with van der Waals surface area (Å²) < 4.78 is 32.1. The average Bonchev–Trinajstić information content (AvgIpc) is 2.92. The van der Waals surface area contributed by atoms with Gasteiger partial charge in [-0.05, 0) is 37.5 Å². The number of carbonyl (C=O) groups is 2. The predicted molar refractivity (Wildman–Crippen MR) is 76.9 cm³/mol. The maximum Gasteiger partial charge on any atom is 0.325 e. The van der Waals surface area contributed by atoms with Crippen LogP contribution in [-0.2, 0) is 29.9 Å². The lowest BCUT2D eigenvalue weighted by Gasteiger charge is -2.36. The molecule has 2 rings (SSSR count). The Morgan fingerprint density at radius 3 is 2.77 bits per heavy atom. The lowest BCUT2D eigenvalue weighted by atomic mass is 9.83. The van der Waals surface area contributed by atoms with E-state index in [2.05, 4.69) is 11.9 Å². The molecule has 5 atom stereocenters. The Bertz CT molecular complexity index is 521. The summed E-state index contributed by atoms with van der Waals surface area (Å²) in [6.07, 6.45) is 1.24. The van der Waals surface area contributed by atoms with Crippen LogP contribution >= 0.6 is 0 Å². The van der Waals surface area contributed by atoms with Crippen molar-refractivity contribution in [3.63, 3.8) is 0 Å². The molecular weight excluding hydrogens is 310 g/mol. The van der Waals surface area contributed by atoms with Crippen molar-refractivity contribution in [2.75, 3.05) is 6.54 Å². The van der Waals surface area contributed by atoms with E-state index in [1.165, 1.54) is 6.92 Å². The summed E-state index contributed by atoms with van der Waals surface area (Å²) in [5.74, 6) is -0.939. The Balaban J connectivity index is 1.95. The van der Waals surface area contributed by atoms with Crippen LogP contribution in [-0.4, -0.2) is 39.4 Å². The molecule has 0 aliphatic heterocycles. The Hall–Kier alpha value is -1.25. The van der Waals surface area contributed by atoms with Crippen molar-refractivity contribution in [2.24, 2.45) is 11.3 Å². The van der Waals surface area contributed by atoms with Gasteiger partial charge in [0.2, 0.25) is 5.91 Å². The topological polar surface area (TPSA) is 105 Å². The summed E-state index contributed by atoms with van der Waals surface area (Å²) >= 11 is -2.66. The van der Waals surface area contributed by atoms with Crippen LogP contribution in [0.5, 0.6) is 0 Å². The van der Waals surface area contributed by atoms with Gasteiger partial charge in [-0.25, -0.2) is 4.21 Å². The number of amides is 1. The molecule has 1 amide bonds. The number of rotatable bonds is 6. The number of fused-ring (bicyclic) bond motifs is 2. The minimum absolute atomic E-state index is 0.0966. The van der Waals surface area contributed by atoms with Gasteiger partial charge in [0.25, 0.3) is 0 Å². The number of ether oxygens (including phenoxy) is 1. The number of hydrogen-bond acceptors (Lipinski definition) is 6. The lowest BCUT2D eigenvalue weighted by Crippen LogP contribution is -2.44. The third-order valence-electron chi connectivity index (χ3n) is 4.50. The molecule has 1 N–H and O–H groups in total. The summed E-state index contributed by atoms with van der Waals surface area (Å²) in [7, 11) is 0. The molecule has 0 radical (unpaired) electrons. The molecule has 0 aromatic carbocycles. The normalized spacial score (nSPS) is 34.2. The zero-order chi connectivity index (χ0) is 16.5. The van der Waals surface area contributed by atoms with E-state index in [-0.39, 0.29) is 17.9 Å². The fourth-order valence-electron chi connectivity index (χ4n) is 3.41. The number of carbonyl (C=O) groups excluding carboxylic acids is 2. The van der Waals surface area contributed by atoms with Gasteiger partial charge < -0.3 is 14.6 Å². The van der Waals surface area contributed by atoms with Gasteiger partial charge in [-0.1, -0.05) is 13.5 Å². The van der Waals surface area contributed by atoms with Gasteiger partial charge in [0.1, 0.15) is 18.8 Å². The molecule has 2 saturated carbocycles. The van der Waals surface area contributed by atoms with Gasteiger partial charge in [0.15, 0.2) is 0 Å². The molecule has 7 nitrogen and oxygen atoms in total. The molecule has 124 valence electrons. The van der Waals surface area contributed by atoms with E-state index in [9.17, 15) is 18.4 Å². The molecule has 8 heteroatoms. The maximum atomic E-state index is 11.9. The lowest BCUT2D eigenvalue weighted by molar-refractivity contribution is -0.158. The van der Waals surface area contributed by atoms with Crippen LogP contribution in [0.2, 0.25) is 0 Å². The van der Waals surface area contributed by atoms with Gasteiger partial charge in [0, 0.05) is 5.57 Å². The van der Waals surface area contributed by atoms with Gasteiger partial charge in [-0.15, -0.1) is 0 Å². The van der Waals surface area contributed by atoms with E-state index in [0.29, 0.717) is 5.57 Å². The number of esters is 1. The van der Waals surface area contributed by atoms with Crippen LogP contribution in [0, 0.1) is 11.3 Å². The molecule has 0 aromatic rings. The second-order valence-electron chi connectivity index (χ2n) is 6.30. The fraction of sp³-hybridized carbons (Fsp3) is 0.714. The predicted octanol–water partition coefficient (Wildman–Crippen LogP) is 0.590. The Kier molecular flexibility index (Phi) is 5.03. The fourth-order valence-corrected chi connectivity index (χ4v) is 3.92. The molecular formula is C14H20NO6S-. The summed E-state index contributed by atoms with van der Waals surface area (Å²) in [6, 6.07) is 0. The monoisotopic (exact) mass is 330 g/mol. The van der Waals surface area contributed by atoms with Crippen molar-refractivity contribution in [3.8, 4) is 0 Å². The van der Waals surface area contributed by atoms with Crippen molar-refractivity contribution >= 4 is 23.2 Å². The molecule has 22 heavy (non-hydrogen) atoms. The minimum Gasteiger partial charge on any atom is -0.750 e. The largest absolute Gasteiger partial charge is 0.750 e. The Morgan fingerprint density at radius 2 is 2.18 bits per heavy atom. The first-order chi connectivity index (χ1) is 10.2. The van der Waals surface area contributed by atoms with Crippen molar-refractivity contribution in [3.05, 3.63) is 12.2 Å². The zero-order valence-electron chi connectivity index (χ0n) is 12.6. The van der Waals surface area contributed by atoms with Crippen LogP contribution in [0.15, 0.2) is 12.2 Å². The molecule has 2 bridgehead atoms. The quantitative estimate of drug-likeness (QED) is 0.434. The van der Waals surface area contributed by atoms with E-state index >= 15 is 0 Å². The molecule has 0 heterocycles. The summed E-state index contributed by atoms with van der Waals surface area (Å²) in [6.45, 7) is 6.67. The summed E-state index contributed by atoms with van der Waals surface area (Å²) in [5.41, 5.74) is -0.000378. The highest BCUT2D eigenvalue weighted by Crippen LogP contribution is 2.56. The number of hydrogen-bond donors (Lipinski definition) is 1. The second-order valence-corrected chi connectivity index (χ2v) is 6.90. The first-order valence-electron chi connectivity index (χ1n) is 7.12. The molecule has 2 fully saturated rings. The van der Waals surface area contributed by atoms with Crippen molar-refractivity contribution in [1.82, 2.24) is 5.32 Å². The molecule has 0 aromatic heterocycles.